The Labute approximate surface area is 168 Å². The first-order chi connectivity index (χ1) is 14.0. The maximum absolute atomic E-state index is 12.7. The van der Waals surface area contributed by atoms with Gasteiger partial charge in [-0.25, -0.2) is 9.78 Å². The number of aryl methyl sites for hydroxylation is 2. The van der Waals surface area contributed by atoms with Gasteiger partial charge in [0, 0.05) is 27.2 Å². The summed E-state index contributed by atoms with van der Waals surface area (Å²) in [5, 5.41) is 0. The van der Waals surface area contributed by atoms with Gasteiger partial charge in [-0.05, 0) is 37.6 Å². The number of aromatic nitrogens is 4. The number of imidazole rings is 1. The van der Waals surface area contributed by atoms with Crippen LogP contribution in [0.25, 0.3) is 23.3 Å². The second-order valence-electron chi connectivity index (χ2n) is 6.52. The van der Waals surface area contributed by atoms with Crippen LogP contribution in [0, 0.1) is 0 Å². The van der Waals surface area contributed by atoms with Crippen molar-refractivity contribution < 1.29 is 9.47 Å². The number of hydrogen-bond donors (Lipinski definition) is 0. The number of nitrogens with zero attached hydrogens (tertiary/aromatic N) is 4. The van der Waals surface area contributed by atoms with E-state index >= 15 is 0 Å². The summed E-state index contributed by atoms with van der Waals surface area (Å²) in [5.41, 5.74) is 1.16. The zero-order chi connectivity index (χ0) is 21.0. The molecule has 8 nitrogen and oxygen atoms in total. The monoisotopic (exact) mass is 398 g/mol. The molecular formula is C21H26N4O4. The molecule has 29 heavy (non-hydrogen) atoms. The number of rotatable bonds is 8. The van der Waals surface area contributed by atoms with E-state index in [9.17, 15) is 9.59 Å². The van der Waals surface area contributed by atoms with E-state index in [2.05, 4.69) is 4.98 Å². The summed E-state index contributed by atoms with van der Waals surface area (Å²) in [7, 11) is 3.42. The van der Waals surface area contributed by atoms with Gasteiger partial charge < -0.3 is 14.0 Å². The molecule has 0 spiro atoms. The Hall–Kier alpha value is -3.13. The molecule has 8 heteroatoms. The minimum absolute atomic E-state index is 0.315. The molecule has 2 heterocycles. The lowest BCUT2D eigenvalue weighted by Crippen LogP contribution is -2.39. The molecule has 0 N–H and O–H groups in total. The van der Waals surface area contributed by atoms with Crippen LogP contribution in [-0.2, 0) is 24.9 Å². The average molecular weight is 398 g/mol. The van der Waals surface area contributed by atoms with Crippen molar-refractivity contribution in [2.75, 3.05) is 20.3 Å². The summed E-state index contributed by atoms with van der Waals surface area (Å²) >= 11 is 0. The maximum Gasteiger partial charge on any atom is 0.332 e. The molecule has 0 aliphatic carbocycles. The Kier molecular flexibility index (Phi) is 6.33. The first-order valence-electron chi connectivity index (χ1n) is 9.61. The first kappa shape index (κ1) is 20.6. The molecule has 1 aromatic carbocycles. The topological polar surface area (TPSA) is 80.3 Å². The van der Waals surface area contributed by atoms with Crippen molar-refractivity contribution >= 4 is 23.3 Å². The molecule has 0 amide bonds. The number of ether oxygens (including phenoxy) is 2. The minimum atomic E-state index is -0.329. The van der Waals surface area contributed by atoms with Gasteiger partial charge in [0.1, 0.15) is 18.2 Å². The van der Waals surface area contributed by atoms with Crippen LogP contribution < -0.4 is 16.0 Å². The number of fused-ring (bicyclic) bond motifs is 1. The lowest BCUT2D eigenvalue weighted by atomic mass is 10.2. The van der Waals surface area contributed by atoms with Crippen molar-refractivity contribution in [2.45, 2.75) is 26.9 Å². The van der Waals surface area contributed by atoms with Crippen molar-refractivity contribution in [3.8, 4) is 5.75 Å². The highest BCUT2D eigenvalue weighted by atomic mass is 16.5. The minimum Gasteiger partial charge on any atom is -0.491 e. The second kappa shape index (κ2) is 8.91. The zero-order valence-electron chi connectivity index (χ0n) is 17.2. The lowest BCUT2D eigenvalue weighted by molar-refractivity contribution is 0.146. The Bertz CT molecular complexity index is 1140. The van der Waals surface area contributed by atoms with Gasteiger partial charge in [-0.1, -0.05) is 18.2 Å². The van der Waals surface area contributed by atoms with Crippen LogP contribution in [0.5, 0.6) is 5.75 Å². The Balaban J connectivity index is 1.95. The van der Waals surface area contributed by atoms with E-state index in [1.165, 1.54) is 9.13 Å². The third-order valence-corrected chi connectivity index (χ3v) is 4.77. The van der Waals surface area contributed by atoms with Gasteiger partial charge in [0.05, 0.1) is 6.61 Å². The van der Waals surface area contributed by atoms with Crippen LogP contribution in [-0.4, -0.2) is 39.0 Å². The molecule has 0 radical (unpaired) electrons. The summed E-state index contributed by atoms with van der Waals surface area (Å²) in [6, 6.07) is 7.65. The van der Waals surface area contributed by atoms with E-state index in [-0.39, 0.29) is 11.2 Å². The van der Waals surface area contributed by atoms with Gasteiger partial charge in [-0.15, -0.1) is 0 Å². The van der Waals surface area contributed by atoms with Crippen molar-refractivity contribution in [2.24, 2.45) is 7.05 Å². The van der Waals surface area contributed by atoms with E-state index in [1.807, 2.05) is 43.3 Å². The van der Waals surface area contributed by atoms with E-state index in [0.29, 0.717) is 43.3 Å². The normalized spacial score (nSPS) is 11.6. The van der Waals surface area contributed by atoms with E-state index in [1.54, 1.807) is 25.6 Å². The maximum atomic E-state index is 12.7. The Morgan fingerprint density at radius 1 is 1.00 bits per heavy atom. The van der Waals surface area contributed by atoms with Crippen LogP contribution in [0.2, 0.25) is 0 Å². The summed E-state index contributed by atoms with van der Waals surface area (Å²) in [6.45, 7) is 5.46. The summed E-state index contributed by atoms with van der Waals surface area (Å²) in [4.78, 5) is 29.8. The second-order valence-corrected chi connectivity index (χ2v) is 6.52. The molecule has 0 saturated heterocycles. The predicted octanol–water partition coefficient (Wildman–Crippen LogP) is 2.13. The quantitative estimate of drug-likeness (QED) is 0.543. The van der Waals surface area contributed by atoms with Crippen LogP contribution in [0.15, 0.2) is 33.9 Å². The number of methoxy groups -OCH3 is 1. The van der Waals surface area contributed by atoms with Gasteiger partial charge in [-0.2, -0.15) is 0 Å². The molecule has 2 aromatic heterocycles. The molecule has 0 aliphatic heterocycles. The summed E-state index contributed by atoms with van der Waals surface area (Å²) < 4.78 is 15.0. The molecule has 0 atom stereocenters. The van der Waals surface area contributed by atoms with Crippen molar-refractivity contribution in [3.63, 3.8) is 0 Å². The molecule has 0 fully saturated rings. The van der Waals surface area contributed by atoms with E-state index in [4.69, 9.17) is 9.47 Å². The molecule has 154 valence electrons. The van der Waals surface area contributed by atoms with Gasteiger partial charge >= 0.3 is 5.69 Å². The highest BCUT2D eigenvalue weighted by Crippen LogP contribution is 2.16. The molecule has 0 unspecified atom stereocenters. The average Bonchev–Trinajstić information content (AvgIpc) is 3.04. The SMILES string of the molecule is CCn1c(=O)c2c(nc(C=Cc3ccc(OCCOC)cc3)n2C)n(CC)c1=O. The number of benzene rings is 1. The van der Waals surface area contributed by atoms with E-state index < -0.39 is 0 Å². The van der Waals surface area contributed by atoms with Gasteiger partial charge in [0.15, 0.2) is 11.2 Å². The smallest absolute Gasteiger partial charge is 0.332 e. The summed E-state index contributed by atoms with van der Waals surface area (Å²) in [5.74, 6) is 1.38. The summed E-state index contributed by atoms with van der Waals surface area (Å²) in [6.07, 6.45) is 3.74. The molecule has 0 saturated carbocycles. The molecule has 0 bridgehead atoms. The first-order valence-corrected chi connectivity index (χ1v) is 9.61. The number of hydrogen-bond acceptors (Lipinski definition) is 5. The lowest BCUT2D eigenvalue weighted by Gasteiger charge is -2.08. The Morgan fingerprint density at radius 2 is 1.69 bits per heavy atom. The van der Waals surface area contributed by atoms with Crippen LogP contribution in [0.1, 0.15) is 25.2 Å². The van der Waals surface area contributed by atoms with Gasteiger partial charge in [-0.3, -0.25) is 13.9 Å². The third kappa shape index (κ3) is 4.02. The molecule has 0 aliphatic rings. The van der Waals surface area contributed by atoms with Crippen molar-refractivity contribution in [1.82, 2.24) is 18.7 Å². The zero-order valence-corrected chi connectivity index (χ0v) is 17.2. The highest BCUT2D eigenvalue weighted by Gasteiger charge is 2.17. The molecule has 3 rings (SSSR count). The van der Waals surface area contributed by atoms with Crippen LogP contribution >= 0.6 is 0 Å². The highest BCUT2D eigenvalue weighted by molar-refractivity contribution is 5.76. The van der Waals surface area contributed by atoms with Crippen LogP contribution in [0.3, 0.4) is 0 Å². The third-order valence-electron chi connectivity index (χ3n) is 4.77. The van der Waals surface area contributed by atoms with Gasteiger partial charge in [0.25, 0.3) is 5.56 Å². The van der Waals surface area contributed by atoms with Crippen molar-refractivity contribution in [1.29, 1.82) is 0 Å². The van der Waals surface area contributed by atoms with Crippen LogP contribution in [0.4, 0.5) is 0 Å². The predicted molar refractivity (Wildman–Crippen MR) is 113 cm³/mol. The van der Waals surface area contributed by atoms with Crippen molar-refractivity contribution in [3.05, 3.63) is 56.5 Å². The van der Waals surface area contributed by atoms with Gasteiger partial charge in [0.2, 0.25) is 0 Å². The van der Waals surface area contributed by atoms with E-state index in [0.717, 1.165) is 11.3 Å². The molecular weight excluding hydrogens is 372 g/mol. The Morgan fingerprint density at radius 3 is 2.31 bits per heavy atom. The standard InChI is InChI=1S/C21H26N4O4/c1-5-24-19-18(20(26)25(6-2)21(24)27)23(3)17(22-19)12-9-15-7-10-16(11-8-15)29-14-13-28-4/h7-12H,5-6,13-14H2,1-4H3. The molecule has 3 aromatic rings. The largest absolute Gasteiger partial charge is 0.491 e. The fourth-order valence-electron chi connectivity index (χ4n) is 3.18. The fourth-order valence-corrected chi connectivity index (χ4v) is 3.18. The fraction of sp³-hybridized carbons (Fsp3) is 0.381.